The summed E-state index contributed by atoms with van der Waals surface area (Å²) in [6.07, 6.45) is -4.02. The third kappa shape index (κ3) is 6.43. The van der Waals surface area contributed by atoms with Crippen molar-refractivity contribution < 1.29 is 32.4 Å². The first kappa shape index (κ1) is 23.6. The van der Waals surface area contributed by atoms with Crippen molar-refractivity contribution in [2.24, 2.45) is 0 Å². The highest BCUT2D eigenvalue weighted by atomic mass is 19.4. The molecule has 0 spiro atoms. The topological polar surface area (TPSA) is 111 Å². The summed E-state index contributed by atoms with van der Waals surface area (Å²) in [5.41, 5.74) is -1.50. The molecule has 0 aliphatic carbocycles. The SMILES string of the molecule is CCCOc1ccc(C(F)(F)F)cc1NC(=O)C(C)NC(=O)c1cccc([N+](=O)[O-])c1. The summed E-state index contributed by atoms with van der Waals surface area (Å²) in [5, 5.41) is 15.5. The zero-order valence-corrected chi connectivity index (χ0v) is 16.7. The van der Waals surface area contributed by atoms with Gasteiger partial charge in [0.1, 0.15) is 11.8 Å². The lowest BCUT2D eigenvalue weighted by Gasteiger charge is -2.18. The average molecular weight is 439 g/mol. The molecule has 166 valence electrons. The van der Waals surface area contributed by atoms with Crippen LogP contribution in [0.3, 0.4) is 0 Å². The van der Waals surface area contributed by atoms with E-state index in [-0.39, 0.29) is 29.3 Å². The maximum absolute atomic E-state index is 13.0. The van der Waals surface area contributed by atoms with Gasteiger partial charge >= 0.3 is 6.18 Å². The van der Waals surface area contributed by atoms with Gasteiger partial charge in [-0.05, 0) is 37.6 Å². The molecule has 0 heterocycles. The predicted octanol–water partition coefficient (Wildman–Crippen LogP) is 4.16. The number of non-ortho nitro benzene ring substituents is 1. The summed E-state index contributed by atoms with van der Waals surface area (Å²) < 4.78 is 44.5. The van der Waals surface area contributed by atoms with E-state index in [9.17, 15) is 32.9 Å². The molecular weight excluding hydrogens is 419 g/mol. The Morgan fingerprint density at radius 2 is 1.90 bits per heavy atom. The lowest BCUT2D eigenvalue weighted by molar-refractivity contribution is -0.384. The number of nitrogens with zero attached hydrogens (tertiary/aromatic N) is 1. The van der Waals surface area contributed by atoms with E-state index in [1.54, 1.807) is 0 Å². The van der Waals surface area contributed by atoms with Crippen LogP contribution in [0, 0.1) is 10.1 Å². The van der Waals surface area contributed by atoms with Crippen LogP contribution in [-0.4, -0.2) is 29.4 Å². The first-order chi connectivity index (χ1) is 14.5. The number of anilines is 1. The van der Waals surface area contributed by atoms with Crippen molar-refractivity contribution in [2.75, 3.05) is 11.9 Å². The van der Waals surface area contributed by atoms with Crippen molar-refractivity contribution in [3.05, 3.63) is 63.7 Å². The molecule has 2 aromatic carbocycles. The number of ether oxygens (including phenoxy) is 1. The van der Waals surface area contributed by atoms with E-state index in [4.69, 9.17) is 4.74 Å². The van der Waals surface area contributed by atoms with Crippen molar-refractivity contribution in [1.82, 2.24) is 5.32 Å². The molecule has 2 amide bonds. The molecule has 8 nitrogen and oxygen atoms in total. The monoisotopic (exact) mass is 439 g/mol. The van der Waals surface area contributed by atoms with Gasteiger partial charge in [0.05, 0.1) is 22.8 Å². The Bertz CT molecular complexity index is 979. The average Bonchev–Trinajstić information content (AvgIpc) is 2.71. The fourth-order valence-electron chi connectivity index (χ4n) is 2.49. The predicted molar refractivity (Wildman–Crippen MR) is 106 cm³/mol. The van der Waals surface area contributed by atoms with Gasteiger partial charge in [0, 0.05) is 17.7 Å². The van der Waals surface area contributed by atoms with Crippen LogP contribution in [0.25, 0.3) is 0 Å². The highest BCUT2D eigenvalue weighted by molar-refractivity contribution is 6.01. The number of amides is 2. The second-order valence-corrected chi connectivity index (χ2v) is 6.55. The van der Waals surface area contributed by atoms with E-state index in [0.29, 0.717) is 6.42 Å². The van der Waals surface area contributed by atoms with Crippen LogP contribution in [0.4, 0.5) is 24.5 Å². The van der Waals surface area contributed by atoms with Gasteiger partial charge in [0.15, 0.2) is 0 Å². The van der Waals surface area contributed by atoms with Crippen LogP contribution in [-0.2, 0) is 11.0 Å². The normalized spacial score (nSPS) is 12.0. The van der Waals surface area contributed by atoms with Crippen LogP contribution in [0.1, 0.15) is 36.2 Å². The highest BCUT2D eigenvalue weighted by Crippen LogP contribution is 2.35. The maximum atomic E-state index is 13.0. The molecule has 0 radical (unpaired) electrons. The Morgan fingerprint density at radius 1 is 1.19 bits per heavy atom. The third-order valence-electron chi connectivity index (χ3n) is 4.09. The van der Waals surface area contributed by atoms with Crippen molar-refractivity contribution in [3.8, 4) is 5.75 Å². The van der Waals surface area contributed by atoms with Crippen LogP contribution in [0.15, 0.2) is 42.5 Å². The fourth-order valence-corrected chi connectivity index (χ4v) is 2.49. The van der Waals surface area contributed by atoms with E-state index < -0.39 is 34.5 Å². The quantitative estimate of drug-likeness (QED) is 0.474. The Balaban J connectivity index is 2.16. The van der Waals surface area contributed by atoms with Crippen LogP contribution in [0.5, 0.6) is 5.75 Å². The van der Waals surface area contributed by atoms with Crippen molar-refractivity contribution in [2.45, 2.75) is 32.5 Å². The van der Waals surface area contributed by atoms with E-state index in [0.717, 1.165) is 24.3 Å². The van der Waals surface area contributed by atoms with Gasteiger partial charge in [-0.25, -0.2) is 0 Å². The lowest BCUT2D eigenvalue weighted by Crippen LogP contribution is -2.41. The number of halogens is 3. The fraction of sp³-hybridized carbons (Fsp3) is 0.300. The maximum Gasteiger partial charge on any atom is 0.416 e. The number of nitro benzene ring substituents is 1. The molecule has 0 aliphatic rings. The number of benzene rings is 2. The molecule has 2 aromatic rings. The number of carbonyl (C=O) groups excluding carboxylic acids is 2. The Hall–Kier alpha value is -3.63. The van der Waals surface area contributed by atoms with Crippen molar-refractivity contribution >= 4 is 23.2 Å². The van der Waals surface area contributed by atoms with Crippen LogP contribution >= 0.6 is 0 Å². The lowest BCUT2D eigenvalue weighted by atomic mass is 10.1. The van der Waals surface area contributed by atoms with E-state index in [2.05, 4.69) is 10.6 Å². The number of rotatable bonds is 8. The molecule has 1 unspecified atom stereocenters. The van der Waals surface area contributed by atoms with Crippen LogP contribution < -0.4 is 15.4 Å². The number of nitrogens with one attached hydrogen (secondary N) is 2. The zero-order chi connectivity index (χ0) is 23.2. The Labute approximate surface area is 175 Å². The molecule has 0 saturated heterocycles. The number of carbonyl (C=O) groups is 2. The number of hydrogen-bond donors (Lipinski definition) is 2. The minimum Gasteiger partial charge on any atom is -0.491 e. The van der Waals surface area contributed by atoms with E-state index in [1.807, 2.05) is 6.92 Å². The van der Waals surface area contributed by atoms with Gasteiger partial charge in [0.25, 0.3) is 11.6 Å². The summed E-state index contributed by atoms with van der Waals surface area (Å²) in [6, 6.07) is 6.45. The van der Waals surface area contributed by atoms with Gasteiger partial charge in [-0.1, -0.05) is 13.0 Å². The number of hydrogen-bond acceptors (Lipinski definition) is 5. The molecule has 0 aromatic heterocycles. The van der Waals surface area contributed by atoms with Crippen molar-refractivity contribution in [3.63, 3.8) is 0 Å². The number of nitro groups is 1. The van der Waals surface area contributed by atoms with E-state index in [1.165, 1.54) is 25.1 Å². The molecule has 0 fully saturated rings. The van der Waals surface area contributed by atoms with Gasteiger partial charge in [-0.3, -0.25) is 19.7 Å². The second-order valence-electron chi connectivity index (χ2n) is 6.55. The molecule has 0 aliphatic heterocycles. The highest BCUT2D eigenvalue weighted by Gasteiger charge is 2.31. The Morgan fingerprint density at radius 3 is 2.52 bits per heavy atom. The molecule has 2 rings (SSSR count). The summed E-state index contributed by atoms with van der Waals surface area (Å²) in [6.45, 7) is 3.37. The minimum absolute atomic E-state index is 0.0418. The molecule has 0 saturated carbocycles. The van der Waals surface area contributed by atoms with Gasteiger partial charge in [-0.2, -0.15) is 13.2 Å². The molecule has 11 heteroatoms. The summed E-state index contributed by atoms with van der Waals surface area (Å²) >= 11 is 0. The molecular formula is C20H20F3N3O5. The van der Waals surface area contributed by atoms with Crippen LogP contribution in [0.2, 0.25) is 0 Å². The van der Waals surface area contributed by atoms with Crippen molar-refractivity contribution in [1.29, 1.82) is 0 Å². The van der Waals surface area contributed by atoms with Gasteiger partial charge in [-0.15, -0.1) is 0 Å². The number of alkyl halides is 3. The molecule has 31 heavy (non-hydrogen) atoms. The van der Waals surface area contributed by atoms with Gasteiger partial charge < -0.3 is 15.4 Å². The second kappa shape index (κ2) is 9.92. The van der Waals surface area contributed by atoms with Gasteiger partial charge in [0.2, 0.25) is 5.91 Å². The zero-order valence-electron chi connectivity index (χ0n) is 16.7. The Kier molecular flexibility index (Phi) is 7.56. The first-order valence-corrected chi connectivity index (χ1v) is 9.23. The molecule has 1 atom stereocenters. The smallest absolute Gasteiger partial charge is 0.416 e. The molecule has 2 N–H and O–H groups in total. The van der Waals surface area contributed by atoms with E-state index >= 15 is 0 Å². The molecule has 0 bridgehead atoms. The summed E-state index contributed by atoms with van der Waals surface area (Å²) in [7, 11) is 0. The largest absolute Gasteiger partial charge is 0.491 e. The minimum atomic E-state index is -4.62. The first-order valence-electron chi connectivity index (χ1n) is 9.23. The summed E-state index contributed by atoms with van der Waals surface area (Å²) in [5.74, 6) is -1.49. The summed E-state index contributed by atoms with van der Waals surface area (Å²) in [4.78, 5) is 34.9. The third-order valence-corrected chi connectivity index (χ3v) is 4.09. The standard InChI is InChI=1S/C20H20F3N3O5/c1-3-9-31-17-8-7-14(20(21,22)23)11-16(17)25-18(27)12(2)24-19(28)13-5-4-6-15(10-13)26(29)30/h4-8,10-12H,3,9H2,1-2H3,(H,24,28)(H,25,27).